The Labute approximate surface area is 183 Å². The zero-order valence-corrected chi connectivity index (χ0v) is 17.5. The third kappa shape index (κ3) is 4.80. The third-order valence-corrected chi connectivity index (χ3v) is 5.48. The molecule has 31 heavy (non-hydrogen) atoms. The van der Waals surface area contributed by atoms with Crippen molar-refractivity contribution in [2.45, 2.75) is 19.4 Å². The lowest BCUT2D eigenvalue weighted by atomic mass is 10.1. The molecule has 0 aliphatic carbocycles. The summed E-state index contributed by atoms with van der Waals surface area (Å²) in [6.45, 7) is 0.888. The molecule has 4 rings (SSSR count). The van der Waals surface area contributed by atoms with Gasteiger partial charge in [-0.15, -0.1) is 11.3 Å². The fourth-order valence-corrected chi connectivity index (χ4v) is 3.76. The molecule has 158 valence electrons. The zero-order valence-electron chi connectivity index (χ0n) is 16.7. The first kappa shape index (κ1) is 20.7. The molecule has 0 N–H and O–H groups in total. The fourth-order valence-electron chi connectivity index (χ4n) is 3.22. The van der Waals surface area contributed by atoms with E-state index in [0.29, 0.717) is 48.4 Å². The fraction of sp³-hybridized carbons (Fsp3) is 0.217. The van der Waals surface area contributed by atoms with Gasteiger partial charge in [0.15, 0.2) is 0 Å². The molecule has 0 radical (unpaired) electrons. The maximum absolute atomic E-state index is 12.3. The Morgan fingerprint density at radius 2 is 1.68 bits per heavy atom. The van der Waals surface area contributed by atoms with Gasteiger partial charge in [-0.1, -0.05) is 12.1 Å². The highest BCUT2D eigenvalue weighted by Crippen LogP contribution is 2.22. The van der Waals surface area contributed by atoms with Crippen molar-refractivity contribution in [3.05, 3.63) is 81.8 Å². The Bertz CT molecular complexity index is 1040. The van der Waals surface area contributed by atoms with E-state index in [-0.39, 0.29) is 18.4 Å². The molecule has 1 aliphatic rings. The molecule has 1 aliphatic heterocycles. The molecule has 0 bridgehead atoms. The number of carbonyl (C=O) groups is 3. The minimum Gasteiger partial charge on any atom is -0.487 e. The topological polar surface area (TPSA) is 85.8 Å². The van der Waals surface area contributed by atoms with E-state index in [4.69, 9.17) is 9.47 Å². The number of fused-ring (bicyclic) bond motifs is 1. The number of aromatic nitrogens is 1. The van der Waals surface area contributed by atoms with E-state index >= 15 is 0 Å². The predicted octanol–water partition coefficient (Wildman–Crippen LogP) is 3.96. The quantitative estimate of drug-likeness (QED) is 0.287. The van der Waals surface area contributed by atoms with Gasteiger partial charge in [0.2, 0.25) is 0 Å². The van der Waals surface area contributed by atoms with Crippen molar-refractivity contribution in [2.75, 3.05) is 13.2 Å². The number of unbranched alkanes of at least 4 members (excludes halogenated alkanes) is 1. The van der Waals surface area contributed by atoms with Gasteiger partial charge in [-0.3, -0.25) is 14.5 Å². The van der Waals surface area contributed by atoms with E-state index in [9.17, 15) is 14.4 Å². The highest BCUT2D eigenvalue weighted by atomic mass is 32.1. The summed E-state index contributed by atoms with van der Waals surface area (Å²) in [7, 11) is 0. The average molecular weight is 436 g/mol. The molecule has 0 saturated heterocycles. The highest BCUT2D eigenvalue weighted by molar-refractivity contribution is 7.07. The predicted molar refractivity (Wildman–Crippen MR) is 114 cm³/mol. The second-order valence-corrected chi connectivity index (χ2v) is 7.66. The van der Waals surface area contributed by atoms with Crippen molar-refractivity contribution < 1.29 is 23.9 Å². The Balaban J connectivity index is 1.18. The van der Waals surface area contributed by atoms with Gasteiger partial charge in [-0.2, -0.15) is 0 Å². The molecule has 2 heterocycles. The van der Waals surface area contributed by atoms with E-state index in [1.54, 1.807) is 54.0 Å². The number of carbonyl (C=O) groups excluding carboxylic acids is 3. The van der Waals surface area contributed by atoms with Gasteiger partial charge in [0.1, 0.15) is 12.4 Å². The van der Waals surface area contributed by atoms with Crippen molar-refractivity contribution >= 4 is 29.1 Å². The van der Waals surface area contributed by atoms with E-state index in [2.05, 4.69) is 4.98 Å². The molecular formula is C23H20N2O5S. The zero-order chi connectivity index (χ0) is 21.6. The van der Waals surface area contributed by atoms with Crippen LogP contribution in [0.15, 0.2) is 59.4 Å². The van der Waals surface area contributed by atoms with Crippen molar-refractivity contribution in [3.8, 4) is 5.75 Å². The first-order valence-corrected chi connectivity index (χ1v) is 10.8. The van der Waals surface area contributed by atoms with Crippen LogP contribution in [0.3, 0.4) is 0 Å². The second-order valence-electron chi connectivity index (χ2n) is 6.94. The number of amides is 2. The molecule has 7 nitrogen and oxygen atoms in total. The number of ether oxygens (including phenoxy) is 2. The minimum absolute atomic E-state index is 0.212. The van der Waals surface area contributed by atoms with Crippen molar-refractivity contribution in [2.24, 2.45) is 0 Å². The molecule has 0 spiro atoms. The summed E-state index contributed by atoms with van der Waals surface area (Å²) in [5.74, 6) is -0.318. The molecule has 1 aromatic heterocycles. The number of rotatable bonds is 9. The van der Waals surface area contributed by atoms with Crippen LogP contribution in [0.1, 0.15) is 49.6 Å². The molecule has 0 atom stereocenters. The number of imide groups is 1. The summed E-state index contributed by atoms with van der Waals surface area (Å²) in [6.07, 6.45) is 1.11. The Morgan fingerprint density at radius 3 is 2.32 bits per heavy atom. The molecule has 8 heteroatoms. The van der Waals surface area contributed by atoms with Gasteiger partial charge in [0.05, 0.1) is 34.5 Å². The van der Waals surface area contributed by atoms with Crippen LogP contribution in [-0.2, 0) is 11.3 Å². The van der Waals surface area contributed by atoms with Gasteiger partial charge in [0, 0.05) is 11.9 Å². The summed E-state index contributed by atoms with van der Waals surface area (Å²) in [4.78, 5) is 42.2. The van der Waals surface area contributed by atoms with Crippen LogP contribution in [0.4, 0.5) is 0 Å². The number of thiazole rings is 1. The summed E-state index contributed by atoms with van der Waals surface area (Å²) < 4.78 is 10.9. The maximum atomic E-state index is 12.3. The highest BCUT2D eigenvalue weighted by Gasteiger charge is 2.34. The first-order valence-electron chi connectivity index (χ1n) is 9.86. The summed E-state index contributed by atoms with van der Waals surface area (Å²) in [5.41, 5.74) is 3.92. The van der Waals surface area contributed by atoms with Crippen LogP contribution in [0.25, 0.3) is 0 Å². The van der Waals surface area contributed by atoms with Crippen LogP contribution in [-0.4, -0.2) is 40.8 Å². The third-order valence-electron chi connectivity index (χ3n) is 4.85. The van der Waals surface area contributed by atoms with E-state index < -0.39 is 5.97 Å². The Kier molecular flexibility index (Phi) is 6.37. The minimum atomic E-state index is -0.424. The molecule has 2 aromatic carbocycles. The van der Waals surface area contributed by atoms with Gasteiger partial charge >= 0.3 is 5.97 Å². The van der Waals surface area contributed by atoms with Crippen molar-refractivity contribution in [1.29, 1.82) is 0 Å². The molecule has 0 saturated carbocycles. The standard InChI is InChI=1S/C23H20N2O5S/c26-21-19-5-1-2-6-20(19)22(27)25(21)11-3-4-12-29-23(28)16-7-9-18(10-8-16)30-13-17-14-31-15-24-17/h1-2,5-10,14-15H,3-4,11-13H2. The van der Waals surface area contributed by atoms with Gasteiger partial charge in [-0.05, 0) is 49.2 Å². The molecule has 3 aromatic rings. The largest absolute Gasteiger partial charge is 0.487 e. The Hall–Kier alpha value is -3.52. The number of hydrogen-bond donors (Lipinski definition) is 0. The number of esters is 1. The van der Waals surface area contributed by atoms with E-state index in [0.717, 1.165) is 5.69 Å². The van der Waals surface area contributed by atoms with Gasteiger partial charge in [-0.25, -0.2) is 9.78 Å². The average Bonchev–Trinajstić information content (AvgIpc) is 3.40. The first-order chi connectivity index (χ1) is 15.1. The normalized spacial score (nSPS) is 12.7. The van der Waals surface area contributed by atoms with Crippen LogP contribution in [0.2, 0.25) is 0 Å². The monoisotopic (exact) mass is 436 g/mol. The van der Waals surface area contributed by atoms with Gasteiger partial charge < -0.3 is 9.47 Å². The SMILES string of the molecule is O=C(OCCCCN1C(=O)c2ccccc2C1=O)c1ccc(OCc2cscn2)cc1. The summed E-state index contributed by atoms with van der Waals surface area (Å²) >= 11 is 1.51. The number of hydrogen-bond acceptors (Lipinski definition) is 7. The van der Waals surface area contributed by atoms with Crippen LogP contribution < -0.4 is 4.74 Å². The smallest absolute Gasteiger partial charge is 0.338 e. The molecular weight excluding hydrogens is 416 g/mol. The molecule has 0 unspecified atom stereocenters. The van der Waals surface area contributed by atoms with E-state index in [1.165, 1.54) is 16.2 Å². The lowest BCUT2D eigenvalue weighted by Gasteiger charge is -2.13. The maximum Gasteiger partial charge on any atom is 0.338 e. The van der Waals surface area contributed by atoms with E-state index in [1.807, 2.05) is 5.38 Å². The van der Waals surface area contributed by atoms with Crippen molar-refractivity contribution in [3.63, 3.8) is 0 Å². The number of benzene rings is 2. The molecule has 0 fully saturated rings. The molecule has 2 amide bonds. The van der Waals surface area contributed by atoms with Crippen LogP contribution >= 0.6 is 11.3 Å². The van der Waals surface area contributed by atoms with Crippen LogP contribution in [0, 0.1) is 0 Å². The lowest BCUT2D eigenvalue weighted by Crippen LogP contribution is -2.30. The van der Waals surface area contributed by atoms with Gasteiger partial charge in [0.25, 0.3) is 11.8 Å². The van der Waals surface area contributed by atoms with Crippen molar-refractivity contribution in [1.82, 2.24) is 9.88 Å². The summed E-state index contributed by atoms with van der Waals surface area (Å²) in [5, 5.41) is 1.92. The lowest BCUT2D eigenvalue weighted by molar-refractivity contribution is 0.0485. The second kappa shape index (κ2) is 9.53. The Morgan fingerprint density at radius 1 is 0.968 bits per heavy atom. The summed E-state index contributed by atoms with van der Waals surface area (Å²) in [6, 6.07) is 13.5. The number of nitrogens with zero attached hydrogens (tertiary/aromatic N) is 2. The van der Waals surface area contributed by atoms with Crippen LogP contribution in [0.5, 0.6) is 5.75 Å².